The Hall–Kier alpha value is -1.51. The van der Waals surface area contributed by atoms with Gasteiger partial charge in [-0.1, -0.05) is 6.08 Å². The van der Waals surface area contributed by atoms with E-state index in [-0.39, 0.29) is 25.9 Å². The van der Waals surface area contributed by atoms with E-state index in [4.69, 9.17) is 5.26 Å². The molecule has 1 heterocycles. The Bertz CT molecular complexity index is 327. The van der Waals surface area contributed by atoms with Crippen molar-refractivity contribution >= 4 is 5.91 Å². The molecule has 1 amide bonds. The molecule has 15 heavy (non-hydrogen) atoms. The Morgan fingerprint density at radius 3 is 2.67 bits per heavy atom. The van der Waals surface area contributed by atoms with Gasteiger partial charge in [0.25, 0.3) is 0 Å². The van der Waals surface area contributed by atoms with Crippen molar-refractivity contribution < 1.29 is 18.0 Å². The fourth-order valence-electron chi connectivity index (χ4n) is 1.33. The lowest BCUT2D eigenvalue weighted by atomic mass is 10.1. The number of hydrogen-bond acceptors (Lipinski definition) is 2. The lowest BCUT2D eigenvalue weighted by Crippen LogP contribution is -2.36. The Morgan fingerprint density at radius 2 is 2.27 bits per heavy atom. The average molecular weight is 218 g/mol. The summed E-state index contributed by atoms with van der Waals surface area (Å²) in [5, 5.41) is 8.26. The Labute approximate surface area is 84.8 Å². The van der Waals surface area contributed by atoms with E-state index in [2.05, 4.69) is 0 Å². The summed E-state index contributed by atoms with van der Waals surface area (Å²) in [6.45, 7) is -0.0266. The van der Waals surface area contributed by atoms with Crippen molar-refractivity contribution in [2.24, 2.45) is 0 Å². The lowest BCUT2D eigenvalue weighted by Gasteiger charge is -2.26. The minimum absolute atomic E-state index is 0.0336. The van der Waals surface area contributed by atoms with Crippen LogP contribution in [0.3, 0.4) is 0 Å². The highest BCUT2D eigenvalue weighted by molar-refractivity contribution is 5.78. The molecule has 1 rings (SSSR count). The maximum Gasteiger partial charge on any atom is 0.412 e. The van der Waals surface area contributed by atoms with Crippen molar-refractivity contribution in [2.45, 2.75) is 19.0 Å². The molecule has 0 aromatic carbocycles. The summed E-state index contributed by atoms with van der Waals surface area (Å²) in [4.78, 5) is 12.4. The Balaban J connectivity index is 2.59. The van der Waals surface area contributed by atoms with Crippen LogP contribution in [0.15, 0.2) is 11.6 Å². The molecular formula is C9H9F3N2O. The van der Waals surface area contributed by atoms with Gasteiger partial charge in [-0.3, -0.25) is 4.79 Å². The quantitative estimate of drug-likeness (QED) is 0.628. The fourth-order valence-corrected chi connectivity index (χ4v) is 1.33. The zero-order chi connectivity index (χ0) is 11.5. The van der Waals surface area contributed by atoms with E-state index in [1.807, 2.05) is 0 Å². The van der Waals surface area contributed by atoms with Crippen LogP contribution in [0.5, 0.6) is 0 Å². The molecule has 1 aliphatic heterocycles. The number of carbonyl (C=O) groups excluding carboxylic acids is 1. The zero-order valence-corrected chi connectivity index (χ0v) is 7.84. The summed E-state index contributed by atoms with van der Waals surface area (Å²) in [6, 6.07) is 1.67. The van der Waals surface area contributed by atoms with Gasteiger partial charge in [0.15, 0.2) is 0 Å². The predicted molar refractivity (Wildman–Crippen MR) is 45.6 cm³/mol. The molecule has 0 saturated carbocycles. The molecule has 0 aromatic rings. The highest BCUT2D eigenvalue weighted by Crippen LogP contribution is 2.30. The number of nitrogens with zero attached hydrogens (tertiary/aromatic N) is 2. The predicted octanol–water partition coefficient (Wildman–Crippen LogP) is 1.62. The summed E-state index contributed by atoms with van der Waals surface area (Å²) in [5.74, 6) is -0.421. The van der Waals surface area contributed by atoms with Gasteiger partial charge in [0.05, 0.1) is 6.07 Å². The van der Waals surface area contributed by atoms with Gasteiger partial charge in [0.1, 0.15) is 6.42 Å². The molecule has 0 atom stereocenters. The number of amides is 1. The second kappa shape index (κ2) is 4.34. The van der Waals surface area contributed by atoms with Gasteiger partial charge in [0.2, 0.25) is 5.91 Å². The zero-order valence-electron chi connectivity index (χ0n) is 7.84. The van der Waals surface area contributed by atoms with Gasteiger partial charge >= 0.3 is 6.18 Å². The third-order valence-corrected chi connectivity index (χ3v) is 2.16. The van der Waals surface area contributed by atoms with Gasteiger partial charge in [-0.15, -0.1) is 0 Å². The number of rotatable bonds is 1. The number of carbonyl (C=O) groups is 1. The summed E-state index contributed by atoms with van der Waals surface area (Å²) in [7, 11) is 0. The van der Waals surface area contributed by atoms with Crippen LogP contribution in [0.25, 0.3) is 0 Å². The number of nitriles is 1. The van der Waals surface area contributed by atoms with Crippen LogP contribution in [-0.4, -0.2) is 30.1 Å². The summed E-state index contributed by atoms with van der Waals surface area (Å²) in [6.07, 6.45) is -3.78. The van der Waals surface area contributed by atoms with E-state index < -0.39 is 17.7 Å². The van der Waals surface area contributed by atoms with Gasteiger partial charge in [0, 0.05) is 18.7 Å². The van der Waals surface area contributed by atoms with Crippen molar-refractivity contribution in [3.8, 4) is 6.07 Å². The number of alkyl halides is 3. The normalized spacial score (nSPS) is 16.9. The second-order valence-electron chi connectivity index (χ2n) is 3.15. The third-order valence-electron chi connectivity index (χ3n) is 2.16. The monoisotopic (exact) mass is 218 g/mol. The minimum Gasteiger partial charge on any atom is -0.338 e. The molecule has 0 N–H and O–H groups in total. The van der Waals surface area contributed by atoms with Crippen molar-refractivity contribution in [3.05, 3.63) is 11.6 Å². The van der Waals surface area contributed by atoms with E-state index >= 15 is 0 Å². The Kier molecular flexibility index (Phi) is 3.35. The molecule has 0 saturated heterocycles. The molecule has 82 valence electrons. The van der Waals surface area contributed by atoms with Crippen LogP contribution in [0.2, 0.25) is 0 Å². The van der Waals surface area contributed by atoms with E-state index in [0.29, 0.717) is 0 Å². The highest BCUT2D eigenvalue weighted by Gasteiger charge is 2.35. The molecule has 1 aliphatic rings. The van der Waals surface area contributed by atoms with Crippen molar-refractivity contribution in [3.63, 3.8) is 0 Å². The van der Waals surface area contributed by atoms with Gasteiger partial charge in [-0.05, 0) is 6.42 Å². The van der Waals surface area contributed by atoms with Crippen LogP contribution in [-0.2, 0) is 4.79 Å². The maximum atomic E-state index is 12.2. The maximum absolute atomic E-state index is 12.2. The van der Waals surface area contributed by atoms with E-state index in [1.165, 1.54) is 4.90 Å². The largest absolute Gasteiger partial charge is 0.412 e. The first kappa shape index (κ1) is 11.6. The van der Waals surface area contributed by atoms with E-state index in [0.717, 1.165) is 6.08 Å². The van der Waals surface area contributed by atoms with Crippen LogP contribution in [0.4, 0.5) is 13.2 Å². The highest BCUT2D eigenvalue weighted by atomic mass is 19.4. The van der Waals surface area contributed by atoms with Crippen molar-refractivity contribution in [1.29, 1.82) is 5.26 Å². The van der Waals surface area contributed by atoms with E-state index in [1.54, 1.807) is 6.07 Å². The topological polar surface area (TPSA) is 44.1 Å². The molecule has 3 nitrogen and oxygen atoms in total. The summed E-state index contributed by atoms with van der Waals surface area (Å²) >= 11 is 0. The molecular weight excluding hydrogens is 209 g/mol. The first-order valence-electron chi connectivity index (χ1n) is 4.36. The first-order valence-corrected chi connectivity index (χ1v) is 4.36. The molecule has 0 aromatic heterocycles. The van der Waals surface area contributed by atoms with Crippen LogP contribution in [0.1, 0.15) is 12.8 Å². The SMILES string of the molecule is N#CCC(=O)N1CC=C(C(F)(F)F)CC1. The van der Waals surface area contributed by atoms with E-state index in [9.17, 15) is 18.0 Å². The van der Waals surface area contributed by atoms with Gasteiger partial charge in [-0.2, -0.15) is 18.4 Å². The Morgan fingerprint density at radius 1 is 1.60 bits per heavy atom. The first-order chi connectivity index (χ1) is 6.95. The van der Waals surface area contributed by atoms with Crippen LogP contribution in [0, 0.1) is 11.3 Å². The lowest BCUT2D eigenvalue weighted by molar-refractivity contribution is -0.131. The van der Waals surface area contributed by atoms with Crippen molar-refractivity contribution in [1.82, 2.24) is 4.90 Å². The van der Waals surface area contributed by atoms with Crippen molar-refractivity contribution in [2.75, 3.05) is 13.1 Å². The average Bonchev–Trinajstić information content (AvgIpc) is 2.17. The smallest absolute Gasteiger partial charge is 0.338 e. The number of hydrogen-bond donors (Lipinski definition) is 0. The minimum atomic E-state index is -4.30. The third kappa shape index (κ3) is 2.98. The molecule has 0 bridgehead atoms. The molecule has 6 heteroatoms. The van der Waals surface area contributed by atoms with Gasteiger partial charge in [-0.25, -0.2) is 0 Å². The fraction of sp³-hybridized carbons (Fsp3) is 0.556. The van der Waals surface area contributed by atoms with Crippen LogP contribution < -0.4 is 0 Å². The second-order valence-corrected chi connectivity index (χ2v) is 3.15. The molecule has 0 unspecified atom stereocenters. The van der Waals surface area contributed by atoms with Gasteiger partial charge < -0.3 is 4.90 Å². The summed E-state index contributed by atoms with van der Waals surface area (Å²) in [5.41, 5.74) is -0.594. The molecule has 0 aliphatic carbocycles. The number of halogens is 3. The molecule has 0 spiro atoms. The standard InChI is InChI=1S/C9H9F3N2O/c10-9(11,12)7-2-5-14(6-3-7)8(15)1-4-13/h2H,1,3,5-6H2. The summed E-state index contributed by atoms with van der Waals surface area (Å²) < 4.78 is 36.6. The molecule has 0 radical (unpaired) electrons. The van der Waals surface area contributed by atoms with Crippen LogP contribution >= 0.6 is 0 Å². The molecule has 0 fully saturated rings.